The molecule has 0 saturated heterocycles. The van der Waals surface area contributed by atoms with Gasteiger partial charge in [-0.25, -0.2) is 8.42 Å². The quantitative estimate of drug-likeness (QED) is 0.592. The van der Waals surface area contributed by atoms with Crippen LogP contribution in [0.25, 0.3) is 0 Å². The van der Waals surface area contributed by atoms with E-state index in [-0.39, 0.29) is 12.2 Å². The van der Waals surface area contributed by atoms with Gasteiger partial charge in [-0.2, -0.15) is 0 Å². The van der Waals surface area contributed by atoms with Crippen LogP contribution in [0.5, 0.6) is 0 Å². The number of aliphatic carboxylic acids is 1. The first-order valence-corrected chi connectivity index (χ1v) is 4.37. The average Bonchev–Trinajstić information content (AvgIpc) is 1.59. The second-order valence-corrected chi connectivity index (χ2v) is 4.03. The summed E-state index contributed by atoms with van der Waals surface area (Å²) in [6, 6.07) is 0. The zero-order chi connectivity index (χ0) is 7.49. The molecule has 0 spiro atoms. The van der Waals surface area contributed by atoms with Crippen LogP contribution >= 0.6 is 0 Å². The molecule has 4 nitrogen and oxygen atoms in total. The third-order valence-corrected chi connectivity index (χ3v) is 1.63. The minimum absolute atomic E-state index is 0.275. The van der Waals surface area contributed by atoms with E-state index < -0.39 is 15.8 Å². The number of hydrogen-bond acceptors (Lipinski definition) is 3. The lowest BCUT2D eigenvalue weighted by Crippen LogP contribution is -2.07. The molecule has 0 fully saturated rings. The molecule has 0 atom stereocenters. The van der Waals surface area contributed by atoms with Crippen LogP contribution in [0.4, 0.5) is 0 Å². The van der Waals surface area contributed by atoms with Gasteiger partial charge in [-0.1, -0.05) is 0 Å². The molecular weight excluding hydrogens is 144 g/mol. The van der Waals surface area contributed by atoms with Crippen LogP contribution in [-0.4, -0.2) is 31.5 Å². The number of carboxylic acid groups (broad SMARTS) is 1. The molecule has 5 heteroatoms. The normalized spacial score (nSPS) is 11.2. The molecule has 0 aliphatic rings. The van der Waals surface area contributed by atoms with E-state index in [1.54, 1.807) is 0 Å². The summed E-state index contributed by atoms with van der Waals surface area (Å²) in [6.07, 6.45) is 0.703. The van der Waals surface area contributed by atoms with Gasteiger partial charge in [0, 0.05) is 6.26 Å². The van der Waals surface area contributed by atoms with Crippen molar-refractivity contribution >= 4 is 15.8 Å². The van der Waals surface area contributed by atoms with Gasteiger partial charge in [-0.05, 0) is 0 Å². The van der Waals surface area contributed by atoms with Crippen LogP contribution in [0.2, 0.25) is 0 Å². The fraction of sp³-hybridized carbons (Fsp3) is 0.750. The van der Waals surface area contributed by atoms with E-state index in [1.807, 2.05) is 0 Å². The average molecular weight is 152 g/mol. The van der Waals surface area contributed by atoms with Crippen molar-refractivity contribution in [2.24, 2.45) is 0 Å². The maximum atomic E-state index is 10.3. The second kappa shape index (κ2) is 2.82. The van der Waals surface area contributed by atoms with Crippen LogP contribution < -0.4 is 0 Å². The van der Waals surface area contributed by atoms with Crippen LogP contribution in [-0.2, 0) is 14.6 Å². The molecule has 0 rings (SSSR count). The smallest absolute Gasteiger partial charge is 0.304 e. The minimum Gasteiger partial charge on any atom is -0.481 e. The molecule has 0 heterocycles. The first kappa shape index (κ1) is 8.42. The Kier molecular flexibility index (Phi) is 2.64. The molecule has 0 aromatic heterocycles. The summed E-state index contributed by atoms with van der Waals surface area (Å²) >= 11 is 0. The Balaban J connectivity index is 3.67. The highest BCUT2D eigenvalue weighted by Crippen LogP contribution is 1.87. The van der Waals surface area contributed by atoms with Crippen LogP contribution in [0, 0.1) is 0 Å². The maximum absolute atomic E-state index is 10.3. The first-order valence-electron chi connectivity index (χ1n) is 2.31. The molecule has 0 saturated carbocycles. The summed E-state index contributed by atoms with van der Waals surface area (Å²) < 4.78 is 20.5. The van der Waals surface area contributed by atoms with Gasteiger partial charge >= 0.3 is 5.97 Å². The van der Waals surface area contributed by atoms with E-state index in [2.05, 4.69) is 0 Å². The summed E-state index contributed by atoms with van der Waals surface area (Å²) in [5, 5.41) is 8.01. The van der Waals surface area contributed by atoms with Gasteiger partial charge in [-0.3, -0.25) is 4.79 Å². The Labute approximate surface area is 53.4 Å². The molecule has 9 heavy (non-hydrogen) atoms. The van der Waals surface area contributed by atoms with Crippen molar-refractivity contribution in [2.45, 2.75) is 6.42 Å². The third kappa shape index (κ3) is 7.42. The van der Waals surface area contributed by atoms with Gasteiger partial charge in [0.1, 0.15) is 9.84 Å². The summed E-state index contributed by atoms with van der Waals surface area (Å²) in [7, 11) is -3.10. The Morgan fingerprint density at radius 3 is 2.11 bits per heavy atom. The van der Waals surface area contributed by atoms with Gasteiger partial charge in [0.2, 0.25) is 0 Å². The van der Waals surface area contributed by atoms with Crippen molar-refractivity contribution < 1.29 is 18.3 Å². The summed E-state index contributed by atoms with van der Waals surface area (Å²) in [4.78, 5) is 9.78. The number of rotatable bonds is 3. The molecular formula is C4H8O4S. The lowest BCUT2D eigenvalue weighted by Gasteiger charge is -1.90. The topological polar surface area (TPSA) is 71.4 Å². The summed E-state index contributed by atoms with van der Waals surface area (Å²) in [5.74, 6) is -1.36. The Morgan fingerprint density at radius 1 is 1.56 bits per heavy atom. The second-order valence-electron chi connectivity index (χ2n) is 1.77. The molecule has 0 aliphatic heterocycles. The van der Waals surface area contributed by atoms with Crippen molar-refractivity contribution in [3.63, 3.8) is 0 Å². The van der Waals surface area contributed by atoms with Gasteiger partial charge in [0.05, 0.1) is 12.2 Å². The lowest BCUT2D eigenvalue weighted by atomic mass is 10.5. The van der Waals surface area contributed by atoms with E-state index >= 15 is 0 Å². The summed E-state index contributed by atoms with van der Waals surface area (Å²) in [6.45, 7) is 0. The minimum atomic E-state index is -3.10. The Bertz CT molecular complexity index is 191. The number of carboxylic acids is 1. The molecule has 0 unspecified atom stereocenters. The third-order valence-electron chi connectivity index (χ3n) is 0.687. The first-order chi connectivity index (χ1) is 3.92. The van der Waals surface area contributed by atoms with Crippen LogP contribution in [0.3, 0.4) is 0 Å². The summed E-state index contributed by atoms with van der Waals surface area (Å²) in [5.41, 5.74) is 0. The molecule has 0 amide bonds. The van der Waals surface area contributed by atoms with Gasteiger partial charge < -0.3 is 5.11 Å². The van der Waals surface area contributed by atoms with E-state index in [1.165, 1.54) is 0 Å². The highest BCUT2D eigenvalue weighted by Gasteiger charge is 2.04. The van der Waals surface area contributed by atoms with E-state index in [9.17, 15) is 13.2 Å². The highest BCUT2D eigenvalue weighted by molar-refractivity contribution is 7.90. The van der Waals surface area contributed by atoms with E-state index in [4.69, 9.17) is 5.11 Å². The molecule has 54 valence electrons. The predicted molar refractivity (Wildman–Crippen MR) is 32.0 cm³/mol. The van der Waals surface area contributed by atoms with Gasteiger partial charge in [0.15, 0.2) is 0 Å². The van der Waals surface area contributed by atoms with Crippen molar-refractivity contribution in [1.29, 1.82) is 0 Å². The highest BCUT2D eigenvalue weighted by atomic mass is 32.2. The van der Waals surface area contributed by atoms with Crippen molar-refractivity contribution in [3.05, 3.63) is 0 Å². The van der Waals surface area contributed by atoms with Crippen molar-refractivity contribution in [2.75, 3.05) is 12.0 Å². The largest absolute Gasteiger partial charge is 0.481 e. The lowest BCUT2D eigenvalue weighted by molar-refractivity contribution is -0.136. The fourth-order valence-electron chi connectivity index (χ4n) is 0.273. The molecule has 0 bridgehead atoms. The molecule has 0 radical (unpaired) electrons. The predicted octanol–water partition coefficient (Wildman–Crippen LogP) is -0.494. The van der Waals surface area contributed by atoms with Crippen LogP contribution in [0.1, 0.15) is 6.42 Å². The van der Waals surface area contributed by atoms with Crippen molar-refractivity contribution in [3.8, 4) is 0 Å². The van der Waals surface area contributed by atoms with Gasteiger partial charge in [-0.15, -0.1) is 0 Å². The number of carbonyl (C=O) groups is 1. The standard InChI is InChI=1S/C4H8O4S/c1-9(7,8)3-2-4(5)6/h2-3H2,1H3,(H,5,6). The fourth-order valence-corrected chi connectivity index (χ4v) is 0.818. The van der Waals surface area contributed by atoms with Crippen molar-refractivity contribution in [1.82, 2.24) is 0 Å². The van der Waals surface area contributed by atoms with E-state index in [0.717, 1.165) is 6.26 Å². The zero-order valence-electron chi connectivity index (χ0n) is 4.99. The number of hydrogen-bond donors (Lipinski definition) is 1. The SMILES string of the molecule is CS(=O)(=O)CCC(=O)O. The van der Waals surface area contributed by atoms with E-state index in [0.29, 0.717) is 0 Å². The maximum Gasteiger partial charge on any atom is 0.304 e. The Hall–Kier alpha value is -0.580. The van der Waals surface area contributed by atoms with Gasteiger partial charge in [0.25, 0.3) is 0 Å². The van der Waals surface area contributed by atoms with Crippen LogP contribution in [0.15, 0.2) is 0 Å². The molecule has 0 aromatic rings. The molecule has 0 aromatic carbocycles. The molecule has 0 aliphatic carbocycles. The number of sulfone groups is 1. The molecule has 1 N–H and O–H groups in total. The zero-order valence-corrected chi connectivity index (χ0v) is 5.81. The Morgan fingerprint density at radius 2 is 2.00 bits per heavy atom. The monoisotopic (exact) mass is 152 g/mol.